The van der Waals surface area contributed by atoms with Gasteiger partial charge in [0.15, 0.2) is 9.84 Å². The Morgan fingerprint density at radius 2 is 1.50 bits per heavy atom. The summed E-state index contributed by atoms with van der Waals surface area (Å²) in [5.41, 5.74) is 3.72. The standard InChI is InChI=1S/C23H23N5O3S/c1-15(2)32(29,30)19-10-8-17(9-11-19)20-13-25-14-21(26-20)23-28-27-22(31-23)18-6-4-16(5-7-18)12-24-3/h4-11,13-15,24H,12H2,1-3H3. The largest absolute Gasteiger partial charge is 0.415 e. The Balaban J connectivity index is 1.59. The first-order valence-corrected chi connectivity index (χ1v) is 11.7. The second kappa shape index (κ2) is 8.97. The van der Waals surface area contributed by atoms with E-state index >= 15 is 0 Å². The minimum Gasteiger partial charge on any atom is -0.415 e. The molecule has 0 saturated heterocycles. The lowest BCUT2D eigenvalue weighted by molar-refractivity contribution is 0.581. The molecule has 0 radical (unpaired) electrons. The number of aromatic nitrogens is 4. The van der Waals surface area contributed by atoms with Crippen LogP contribution in [0.25, 0.3) is 34.3 Å². The monoisotopic (exact) mass is 449 g/mol. The molecule has 0 aliphatic carbocycles. The predicted molar refractivity (Wildman–Crippen MR) is 121 cm³/mol. The van der Waals surface area contributed by atoms with E-state index in [1.54, 1.807) is 50.5 Å². The molecule has 0 aliphatic rings. The highest BCUT2D eigenvalue weighted by Crippen LogP contribution is 2.26. The van der Waals surface area contributed by atoms with E-state index in [0.717, 1.165) is 23.2 Å². The van der Waals surface area contributed by atoms with Gasteiger partial charge in [0, 0.05) is 17.7 Å². The van der Waals surface area contributed by atoms with Crippen LogP contribution in [-0.4, -0.2) is 40.9 Å². The van der Waals surface area contributed by atoms with Gasteiger partial charge in [0.25, 0.3) is 5.89 Å². The Morgan fingerprint density at radius 3 is 2.16 bits per heavy atom. The third-order valence-corrected chi connectivity index (χ3v) is 7.13. The first-order valence-electron chi connectivity index (χ1n) is 10.1. The molecular weight excluding hydrogens is 426 g/mol. The summed E-state index contributed by atoms with van der Waals surface area (Å²) in [7, 11) is -1.43. The van der Waals surface area contributed by atoms with Gasteiger partial charge in [-0.3, -0.25) is 4.98 Å². The van der Waals surface area contributed by atoms with Crippen molar-refractivity contribution in [2.24, 2.45) is 0 Å². The normalized spacial score (nSPS) is 11.8. The third kappa shape index (κ3) is 4.44. The fourth-order valence-corrected chi connectivity index (χ4v) is 4.17. The molecule has 1 N–H and O–H groups in total. The lowest BCUT2D eigenvalue weighted by Gasteiger charge is -2.08. The second-order valence-corrected chi connectivity index (χ2v) is 10.1. The molecule has 2 heterocycles. The van der Waals surface area contributed by atoms with Gasteiger partial charge in [0.05, 0.1) is 28.2 Å². The number of hydrogen-bond acceptors (Lipinski definition) is 8. The summed E-state index contributed by atoms with van der Waals surface area (Å²) >= 11 is 0. The summed E-state index contributed by atoms with van der Waals surface area (Å²) in [6.07, 6.45) is 3.15. The SMILES string of the molecule is CNCc1ccc(-c2nnc(-c3cncc(-c4ccc(S(=O)(=O)C(C)C)cc4)n3)o2)cc1. The summed E-state index contributed by atoms with van der Waals surface area (Å²) in [6, 6.07) is 14.5. The average Bonchev–Trinajstić information content (AvgIpc) is 3.30. The van der Waals surface area contributed by atoms with Crippen molar-refractivity contribution in [3.8, 4) is 34.3 Å². The highest BCUT2D eigenvalue weighted by molar-refractivity contribution is 7.92. The van der Waals surface area contributed by atoms with Crippen LogP contribution in [0.5, 0.6) is 0 Å². The fourth-order valence-electron chi connectivity index (χ4n) is 3.11. The van der Waals surface area contributed by atoms with Crippen LogP contribution in [0.1, 0.15) is 19.4 Å². The molecule has 0 bridgehead atoms. The van der Waals surface area contributed by atoms with E-state index in [9.17, 15) is 8.42 Å². The summed E-state index contributed by atoms with van der Waals surface area (Å²) in [5, 5.41) is 10.9. The van der Waals surface area contributed by atoms with Crippen LogP contribution in [0.3, 0.4) is 0 Å². The number of nitrogens with one attached hydrogen (secondary N) is 1. The van der Waals surface area contributed by atoms with Crippen LogP contribution in [-0.2, 0) is 16.4 Å². The van der Waals surface area contributed by atoms with Gasteiger partial charge < -0.3 is 9.73 Å². The van der Waals surface area contributed by atoms with Gasteiger partial charge in [0.2, 0.25) is 5.89 Å². The molecule has 0 saturated carbocycles. The van der Waals surface area contributed by atoms with Crippen LogP contribution < -0.4 is 5.32 Å². The van der Waals surface area contributed by atoms with Gasteiger partial charge in [0.1, 0.15) is 5.69 Å². The van der Waals surface area contributed by atoms with E-state index in [2.05, 4.69) is 25.5 Å². The quantitative estimate of drug-likeness (QED) is 0.454. The highest BCUT2D eigenvalue weighted by atomic mass is 32.2. The molecule has 0 aliphatic heterocycles. The molecule has 0 amide bonds. The Labute approximate surface area is 186 Å². The number of hydrogen-bond donors (Lipinski definition) is 1. The number of nitrogens with zero attached hydrogens (tertiary/aromatic N) is 4. The smallest absolute Gasteiger partial charge is 0.268 e. The fraction of sp³-hybridized carbons (Fsp3) is 0.217. The average molecular weight is 450 g/mol. The summed E-state index contributed by atoms with van der Waals surface area (Å²) in [6.45, 7) is 4.10. The van der Waals surface area contributed by atoms with Crippen molar-refractivity contribution in [3.63, 3.8) is 0 Å². The third-order valence-electron chi connectivity index (χ3n) is 4.96. The summed E-state index contributed by atoms with van der Waals surface area (Å²) < 4.78 is 30.5. The maximum absolute atomic E-state index is 12.3. The number of rotatable bonds is 7. The summed E-state index contributed by atoms with van der Waals surface area (Å²) in [4.78, 5) is 9.08. The van der Waals surface area contributed by atoms with E-state index < -0.39 is 15.1 Å². The molecular formula is C23H23N5O3S. The van der Waals surface area contributed by atoms with E-state index in [1.807, 2.05) is 31.3 Å². The number of sulfone groups is 1. The van der Waals surface area contributed by atoms with Crippen molar-refractivity contribution in [1.82, 2.24) is 25.5 Å². The molecule has 0 unspecified atom stereocenters. The van der Waals surface area contributed by atoms with Crippen LogP contribution in [0.15, 0.2) is 70.2 Å². The summed E-state index contributed by atoms with van der Waals surface area (Å²) in [5.74, 6) is 0.652. The van der Waals surface area contributed by atoms with Crippen LogP contribution in [0.4, 0.5) is 0 Å². The molecule has 9 heteroatoms. The van der Waals surface area contributed by atoms with Crippen molar-refractivity contribution in [3.05, 3.63) is 66.5 Å². The molecule has 164 valence electrons. The van der Waals surface area contributed by atoms with Gasteiger partial charge in [-0.1, -0.05) is 24.3 Å². The van der Waals surface area contributed by atoms with E-state index in [-0.39, 0.29) is 10.8 Å². The van der Waals surface area contributed by atoms with Gasteiger partial charge >= 0.3 is 0 Å². The van der Waals surface area contributed by atoms with Crippen molar-refractivity contribution in [2.75, 3.05) is 7.05 Å². The van der Waals surface area contributed by atoms with Crippen LogP contribution in [0, 0.1) is 0 Å². The van der Waals surface area contributed by atoms with E-state index in [4.69, 9.17) is 4.42 Å². The molecule has 2 aromatic heterocycles. The molecule has 8 nitrogen and oxygen atoms in total. The van der Waals surface area contributed by atoms with Crippen molar-refractivity contribution >= 4 is 9.84 Å². The number of benzene rings is 2. The molecule has 0 fully saturated rings. The Morgan fingerprint density at radius 1 is 0.875 bits per heavy atom. The van der Waals surface area contributed by atoms with Gasteiger partial charge in [-0.25, -0.2) is 13.4 Å². The van der Waals surface area contributed by atoms with E-state index in [1.165, 1.54) is 0 Å². The minimum absolute atomic E-state index is 0.257. The van der Waals surface area contributed by atoms with Crippen molar-refractivity contribution < 1.29 is 12.8 Å². The molecule has 0 atom stereocenters. The van der Waals surface area contributed by atoms with Gasteiger partial charge in [-0.05, 0) is 50.7 Å². The van der Waals surface area contributed by atoms with Gasteiger partial charge in [-0.2, -0.15) is 0 Å². The Kier molecular flexibility index (Phi) is 6.11. The van der Waals surface area contributed by atoms with Crippen LogP contribution >= 0.6 is 0 Å². The predicted octanol–water partition coefficient (Wildman–Crippen LogP) is 3.76. The molecule has 2 aromatic carbocycles. The zero-order valence-corrected chi connectivity index (χ0v) is 18.8. The minimum atomic E-state index is -3.33. The second-order valence-electron chi connectivity index (χ2n) is 7.55. The van der Waals surface area contributed by atoms with E-state index in [0.29, 0.717) is 17.3 Å². The maximum atomic E-state index is 12.3. The molecule has 4 aromatic rings. The molecule has 32 heavy (non-hydrogen) atoms. The highest BCUT2D eigenvalue weighted by Gasteiger charge is 2.19. The van der Waals surface area contributed by atoms with Crippen LogP contribution in [0.2, 0.25) is 0 Å². The zero-order chi connectivity index (χ0) is 22.7. The first-order chi connectivity index (χ1) is 15.4. The van der Waals surface area contributed by atoms with Gasteiger partial charge in [-0.15, -0.1) is 10.2 Å². The Bertz CT molecular complexity index is 1310. The van der Waals surface area contributed by atoms with Crippen molar-refractivity contribution in [2.45, 2.75) is 30.5 Å². The molecule has 4 rings (SSSR count). The first kappa shape index (κ1) is 21.8. The Hall–Kier alpha value is -3.43. The lowest BCUT2D eigenvalue weighted by Crippen LogP contribution is -2.13. The maximum Gasteiger partial charge on any atom is 0.268 e. The topological polar surface area (TPSA) is 111 Å². The zero-order valence-electron chi connectivity index (χ0n) is 18.0. The molecule has 0 spiro atoms. The lowest BCUT2D eigenvalue weighted by atomic mass is 10.1. The van der Waals surface area contributed by atoms with Crippen molar-refractivity contribution in [1.29, 1.82) is 0 Å².